The average Bonchev–Trinajstić information content (AvgIpc) is 2.96. The van der Waals surface area contributed by atoms with Crippen molar-refractivity contribution in [1.29, 1.82) is 0 Å². The maximum atomic E-state index is 12.1. The van der Waals surface area contributed by atoms with Crippen LogP contribution in [0.15, 0.2) is 30.3 Å². The molecule has 0 aromatic heterocycles. The molecule has 2 rings (SSSR count). The van der Waals surface area contributed by atoms with E-state index in [1.807, 2.05) is 51.1 Å². The lowest BCUT2D eigenvalue weighted by atomic mass is 9.81. The maximum absolute atomic E-state index is 12.1. The number of hydrogen-bond acceptors (Lipinski definition) is 6. The van der Waals surface area contributed by atoms with Crippen molar-refractivity contribution < 1.29 is 28.5 Å². The molecule has 0 bridgehead atoms. The van der Waals surface area contributed by atoms with E-state index in [9.17, 15) is 9.59 Å². The van der Waals surface area contributed by atoms with Crippen molar-refractivity contribution in [2.24, 2.45) is 5.41 Å². The minimum Gasteiger partial charge on any atom is -0.467 e. The van der Waals surface area contributed by atoms with E-state index < -0.39 is 35.3 Å². The van der Waals surface area contributed by atoms with Crippen molar-refractivity contribution in [2.75, 3.05) is 14.2 Å². The molecule has 2 atom stereocenters. The first-order chi connectivity index (χ1) is 10.8. The van der Waals surface area contributed by atoms with Crippen LogP contribution in [-0.2, 0) is 34.3 Å². The Balaban J connectivity index is 2.53. The second kappa shape index (κ2) is 6.29. The SMILES string of the molecule is COC(=O)C1OC(c2ccccc2)(C(C)(C)C)OC1C(=O)OC. The van der Waals surface area contributed by atoms with Crippen molar-refractivity contribution in [3.05, 3.63) is 35.9 Å². The Kier molecular flexibility index (Phi) is 4.77. The van der Waals surface area contributed by atoms with E-state index in [0.29, 0.717) is 5.56 Å². The largest absolute Gasteiger partial charge is 0.467 e. The molecule has 2 unspecified atom stereocenters. The Bertz CT molecular complexity index is 550. The molecule has 1 aromatic rings. The van der Waals surface area contributed by atoms with E-state index >= 15 is 0 Å². The molecule has 126 valence electrons. The lowest BCUT2D eigenvalue weighted by Crippen LogP contribution is -2.42. The number of esters is 2. The quantitative estimate of drug-likeness (QED) is 0.793. The van der Waals surface area contributed by atoms with Gasteiger partial charge in [-0.15, -0.1) is 0 Å². The third kappa shape index (κ3) is 2.96. The Labute approximate surface area is 135 Å². The predicted octanol–water partition coefficient (Wildman–Crippen LogP) is 2.02. The number of ether oxygens (including phenoxy) is 4. The zero-order valence-electron chi connectivity index (χ0n) is 14.0. The number of methoxy groups -OCH3 is 2. The van der Waals surface area contributed by atoms with Gasteiger partial charge in [0.05, 0.1) is 14.2 Å². The van der Waals surface area contributed by atoms with Gasteiger partial charge in [0.1, 0.15) is 0 Å². The monoisotopic (exact) mass is 322 g/mol. The van der Waals surface area contributed by atoms with Gasteiger partial charge >= 0.3 is 11.9 Å². The summed E-state index contributed by atoms with van der Waals surface area (Å²) >= 11 is 0. The second-order valence-corrected chi connectivity index (χ2v) is 6.36. The molecule has 0 aliphatic carbocycles. The molecule has 6 heteroatoms. The normalized spacial score (nSPS) is 27.5. The van der Waals surface area contributed by atoms with Gasteiger partial charge in [-0.3, -0.25) is 0 Å². The molecule has 1 heterocycles. The summed E-state index contributed by atoms with van der Waals surface area (Å²) in [7, 11) is 2.47. The first-order valence-corrected chi connectivity index (χ1v) is 7.33. The average molecular weight is 322 g/mol. The van der Waals surface area contributed by atoms with E-state index in [-0.39, 0.29) is 0 Å². The molecule has 6 nitrogen and oxygen atoms in total. The van der Waals surface area contributed by atoms with E-state index in [2.05, 4.69) is 0 Å². The van der Waals surface area contributed by atoms with Crippen molar-refractivity contribution in [3.63, 3.8) is 0 Å². The number of benzene rings is 1. The molecule has 1 saturated heterocycles. The van der Waals surface area contributed by atoms with Gasteiger partial charge in [-0.05, 0) is 0 Å². The van der Waals surface area contributed by atoms with E-state index in [0.717, 1.165) is 0 Å². The van der Waals surface area contributed by atoms with Gasteiger partial charge < -0.3 is 18.9 Å². The highest BCUT2D eigenvalue weighted by Gasteiger charge is 2.60. The molecular weight excluding hydrogens is 300 g/mol. The van der Waals surface area contributed by atoms with E-state index in [4.69, 9.17) is 18.9 Å². The number of carbonyl (C=O) groups is 2. The fraction of sp³-hybridized carbons (Fsp3) is 0.529. The Hall–Kier alpha value is -1.92. The highest BCUT2D eigenvalue weighted by atomic mass is 16.8. The van der Waals surface area contributed by atoms with Crippen molar-refractivity contribution in [1.82, 2.24) is 0 Å². The standard InChI is InChI=1S/C17H22O6/c1-16(2,3)17(11-9-7-6-8-10-11)22-12(14(18)20-4)13(23-17)15(19)21-5/h6-10,12-13H,1-5H3. The zero-order chi connectivity index (χ0) is 17.3. The van der Waals surface area contributed by atoms with Gasteiger partial charge in [0.15, 0.2) is 12.2 Å². The maximum Gasteiger partial charge on any atom is 0.338 e. The smallest absolute Gasteiger partial charge is 0.338 e. The fourth-order valence-electron chi connectivity index (χ4n) is 2.66. The zero-order valence-corrected chi connectivity index (χ0v) is 14.0. The molecule has 1 aromatic carbocycles. The molecular formula is C17H22O6. The van der Waals surface area contributed by atoms with Crippen LogP contribution in [0.25, 0.3) is 0 Å². The summed E-state index contributed by atoms with van der Waals surface area (Å²) in [4.78, 5) is 24.1. The lowest BCUT2D eigenvalue weighted by Gasteiger charge is -2.40. The van der Waals surface area contributed by atoms with Crippen LogP contribution in [0.4, 0.5) is 0 Å². The summed E-state index contributed by atoms with van der Waals surface area (Å²) in [6.45, 7) is 5.73. The fourth-order valence-corrected chi connectivity index (χ4v) is 2.66. The summed E-state index contributed by atoms with van der Waals surface area (Å²) in [5.74, 6) is -2.63. The second-order valence-electron chi connectivity index (χ2n) is 6.36. The Morgan fingerprint density at radius 1 is 0.957 bits per heavy atom. The van der Waals surface area contributed by atoms with Crippen LogP contribution in [-0.4, -0.2) is 38.4 Å². The predicted molar refractivity (Wildman–Crippen MR) is 81.4 cm³/mol. The third-order valence-electron chi connectivity index (χ3n) is 3.87. The highest BCUT2D eigenvalue weighted by molar-refractivity contribution is 5.86. The number of hydrogen-bond donors (Lipinski definition) is 0. The van der Waals surface area contributed by atoms with Crippen LogP contribution in [0.3, 0.4) is 0 Å². The van der Waals surface area contributed by atoms with Crippen LogP contribution < -0.4 is 0 Å². The topological polar surface area (TPSA) is 71.1 Å². The molecule has 1 fully saturated rings. The van der Waals surface area contributed by atoms with Crippen LogP contribution in [0.5, 0.6) is 0 Å². The van der Waals surface area contributed by atoms with Crippen LogP contribution in [0, 0.1) is 5.41 Å². The molecule has 1 aliphatic rings. The van der Waals surface area contributed by atoms with Gasteiger partial charge in [-0.25, -0.2) is 9.59 Å². The molecule has 0 amide bonds. The Morgan fingerprint density at radius 3 is 1.74 bits per heavy atom. The molecule has 23 heavy (non-hydrogen) atoms. The van der Waals surface area contributed by atoms with Crippen LogP contribution in [0.1, 0.15) is 26.3 Å². The molecule has 1 aliphatic heterocycles. The summed E-state index contributed by atoms with van der Waals surface area (Å²) in [6.07, 6.45) is -2.38. The number of rotatable bonds is 3. The summed E-state index contributed by atoms with van der Waals surface area (Å²) in [6, 6.07) is 9.21. The molecule has 0 N–H and O–H groups in total. The minimum atomic E-state index is -1.27. The molecule has 0 radical (unpaired) electrons. The first-order valence-electron chi connectivity index (χ1n) is 7.33. The number of carbonyl (C=O) groups excluding carboxylic acids is 2. The third-order valence-corrected chi connectivity index (χ3v) is 3.87. The lowest BCUT2D eigenvalue weighted by molar-refractivity contribution is -0.249. The Morgan fingerprint density at radius 2 is 1.39 bits per heavy atom. The van der Waals surface area contributed by atoms with Crippen molar-refractivity contribution in [3.8, 4) is 0 Å². The van der Waals surface area contributed by atoms with E-state index in [1.54, 1.807) is 0 Å². The molecule has 0 saturated carbocycles. The van der Waals surface area contributed by atoms with Gasteiger partial charge in [-0.2, -0.15) is 0 Å². The highest BCUT2D eigenvalue weighted by Crippen LogP contribution is 2.50. The van der Waals surface area contributed by atoms with Crippen LogP contribution >= 0.6 is 0 Å². The van der Waals surface area contributed by atoms with E-state index in [1.165, 1.54) is 14.2 Å². The van der Waals surface area contributed by atoms with Gasteiger partial charge in [0.2, 0.25) is 5.79 Å². The summed E-state index contributed by atoms with van der Waals surface area (Å²) in [5.41, 5.74) is 0.163. The van der Waals surface area contributed by atoms with Crippen LogP contribution in [0.2, 0.25) is 0 Å². The summed E-state index contributed by atoms with van der Waals surface area (Å²) < 4.78 is 21.5. The van der Waals surface area contributed by atoms with Gasteiger partial charge in [0, 0.05) is 11.0 Å². The van der Waals surface area contributed by atoms with Gasteiger partial charge in [-0.1, -0.05) is 51.1 Å². The minimum absolute atomic E-state index is 0.552. The molecule has 0 spiro atoms. The summed E-state index contributed by atoms with van der Waals surface area (Å²) in [5, 5.41) is 0. The first kappa shape index (κ1) is 17.4. The van der Waals surface area contributed by atoms with Gasteiger partial charge in [0.25, 0.3) is 0 Å². The van der Waals surface area contributed by atoms with Crippen molar-refractivity contribution >= 4 is 11.9 Å². The van der Waals surface area contributed by atoms with Crippen molar-refractivity contribution in [2.45, 2.75) is 38.8 Å².